The zero-order chi connectivity index (χ0) is 21.5. The molecule has 3 saturated heterocycles. The van der Waals surface area contributed by atoms with E-state index in [0.29, 0.717) is 22.1 Å². The highest BCUT2D eigenvalue weighted by Crippen LogP contribution is 2.52. The van der Waals surface area contributed by atoms with E-state index in [2.05, 4.69) is 5.32 Å². The van der Waals surface area contributed by atoms with E-state index in [4.69, 9.17) is 16.3 Å². The van der Waals surface area contributed by atoms with Gasteiger partial charge in [0.1, 0.15) is 23.6 Å². The summed E-state index contributed by atoms with van der Waals surface area (Å²) in [4.78, 5) is 43.3. The topological polar surface area (TPSA) is 80.2 Å². The van der Waals surface area contributed by atoms with Crippen LogP contribution >= 0.6 is 11.6 Å². The fourth-order valence-electron chi connectivity index (χ4n) is 6.41. The first-order chi connectivity index (χ1) is 15.0. The minimum atomic E-state index is -1.12. The number of amides is 3. The number of rotatable bonds is 2. The van der Waals surface area contributed by atoms with Crippen LogP contribution in [0.1, 0.15) is 18.4 Å². The average molecular weight is 439 g/mol. The number of methoxy groups -OCH3 is 1. The molecule has 6 rings (SSSR count). The lowest BCUT2D eigenvalue weighted by Gasteiger charge is -2.33. The molecule has 4 aliphatic rings. The number of fused-ring (bicyclic) bond motifs is 7. The number of nitrogens with zero attached hydrogens (tertiary/aromatic N) is 1. The number of hydrogen-bond donors (Lipinski definition) is 2. The Kier molecular flexibility index (Phi) is 3.83. The van der Waals surface area contributed by atoms with Crippen molar-refractivity contribution >= 4 is 40.7 Å². The van der Waals surface area contributed by atoms with E-state index >= 15 is 0 Å². The molecule has 0 radical (unpaired) electrons. The highest BCUT2D eigenvalue weighted by Gasteiger charge is 2.78. The van der Waals surface area contributed by atoms with Gasteiger partial charge in [-0.2, -0.15) is 0 Å². The van der Waals surface area contributed by atoms with Gasteiger partial charge in [0.15, 0.2) is 0 Å². The van der Waals surface area contributed by atoms with Crippen LogP contribution in [0.2, 0.25) is 5.02 Å². The molecule has 0 bridgehead atoms. The van der Waals surface area contributed by atoms with Crippen LogP contribution in [-0.4, -0.2) is 37.4 Å². The van der Waals surface area contributed by atoms with E-state index in [1.165, 1.54) is 4.90 Å². The molecule has 3 fully saturated rings. The maximum atomic E-state index is 13.8. The number of anilines is 2. The molecular formula is C23H21ClN3O4+. The number of ether oxygens (including phenoxy) is 1. The summed E-state index contributed by atoms with van der Waals surface area (Å²) in [5.74, 6) is -1.38. The predicted octanol–water partition coefficient (Wildman–Crippen LogP) is 1.36. The van der Waals surface area contributed by atoms with Gasteiger partial charge >= 0.3 is 0 Å². The molecule has 2 N–H and O–H groups in total. The number of benzene rings is 2. The largest absolute Gasteiger partial charge is 0.497 e. The number of carbonyl (C=O) groups excluding carboxylic acids is 3. The van der Waals surface area contributed by atoms with Gasteiger partial charge in [0.25, 0.3) is 5.91 Å². The molecule has 1 spiro atoms. The molecular weight excluding hydrogens is 418 g/mol. The Balaban J connectivity index is 1.55. The SMILES string of the molecule is COc1ccc2c(c1)[C@@]1(C(=O)N2)[C@@H]2C(=O)N(c3ccc(Cl)cc3)C(=O)[C@@H]2[C@@H]2CCC[NH+]21. The van der Waals surface area contributed by atoms with E-state index in [9.17, 15) is 14.4 Å². The van der Waals surface area contributed by atoms with Crippen LogP contribution in [0.25, 0.3) is 0 Å². The highest BCUT2D eigenvalue weighted by molar-refractivity contribution is 6.31. The van der Waals surface area contributed by atoms with Crippen LogP contribution in [0.5, 0.6) is 5.75 Å². The fourth-order valence-corrected chi connectivity index (χ4v) is 6.54. The van der Waals surface area contributed by atoms with Crippen molar-refractivity contribution in [2.24, 2.45) is 11.8 Å². The molecule has 2 aromatic rings. The standard InChI is InChI=1S/C23H20ClN3O4/c1-31-14-8-9-16-15(11-14)23(22(30)25-16)19-18(17-3-2-10-26(17)23)20(28)27(21(19)29)13-6-4-12(24)5-7-13/h4-9,11,17-19H,2-3,10H2,1H3,(H,25,30)/p+1/t17-,18+,19-,23-/m0/s1. The normalized spacial score (nSPS) is 33.0. The monoisotopic (exact) mass is 438 g/mol. The molecule has 0 aliphatic carbocycles. The Labute approximate surface area is 183 Å². The molecule has 0 saturated carbocycles. The second-order valence-electron chi connectivity index (χ2n) is 8.69. The average Bonchev–Trinajstić information content (AvgIpc) is 3.47. The molecule has 0 aromatic heterocycles. The summed E-state index contributed by atoms with van der Waals surface area (Å²) < 4.78 is 5.43. The fraction of sp³-hybridized carbons (Fsp3) is 0.348. The van der Waals surface area contributed by atoms with Crippen LogP contribution in [0.3, 0.4) is 0 Å². The second kappa shape index (κ2) is 6.31. The molecule has 4 heterocycles. The van der Waals surface area contributed by atoms with Gasteiger partial charge in [-0.25, -0.2) is 4.90 Å². The second-order valence-corrected chi connectivity index (χ2v) is 9.13. The first kappa shape index (κ1) is 18.8. The molecule has 5 atom stereocenters. The lowest BCUT2D eigenvalue weighted by Crippen LogP contribution is -3.19. The van der Waals surface area contributed by atoms with Crippen molar-refractivity contribution in [1.82, 2.24) is 0 Å². The van der Waals surface area contributed by atoms with Crippen molar-refractivity contribution in [2.45, 2.75) is 24.4 Å². The van der Waals surface area contributed by atoms with Crippen molar-refractivity contribution in [3.63, 3.8) is 0 Å². The zero-order valence-electron chi connectivity index (χ0n) is 16.9. The van der Waals surface area contributed by atoms with Gasteiger partial charge in [0.05, 0.1) is 30.6 Å². The van der Waals surface area contributed by atoms with E-state index in [0.717, 1.165) is 29.8 Å². The van der Waals surface area contributed by atoms with Crippen molar-refractivity contribution in [3.05, 3.63) is 53.1 Å². The number of nitrogens with one attached hydrogen (secondary N) is 2. The molecule has 158 valence electrons. The Morgan fingerprint density at radius 1 is 1.13 bits per heavy atom. The van der Waals surface area contributed by atoms with Crippen LogP contribution in [0.15, 0.2) is 42.5 Å². The number of imide groups is 1. The van der Waals surface area contributed by atoms with Crippen LogP contribution in [0, 0.1) is 11.8 Å². The van der Waals surface area contributed by atoms with Gasteiger partial charge in [-0.15, -0.1) is 0 Å². The van der Waals surface area contributed by atoms with Crippen molar-refractivity contribution < 1.29 is 24.0 Å². The molecule has 8 heteroatoms. The van der Waals surface area contributed by atoms with Gasteiger partial charge in [-0.1, -0.05) is 11.6 Å². The Hall–Kier alpha value is -2.90. The van der Waals surface area contributed by atoms with Gasteiger partial charge in [-0.3, -0.25) is 14.4 Å². The third-order valence-electron chi connectivity index (χ3n) is 7.51. The quantitative estimate of drug-likeness (QED) is 0.694. The van der Waals surface area contributed by atoms with Crippen LogP contribution in [-0.2, 0) is 19.9 Å². The molecule has 31 heavy (non-hydrogen) atoms. The summed E-state index contributed by atoms with van der Waals surface area (Å²) in [5.41, 5.74) is 0.816. The van der Waals surface area contributed by atoms with Gasteiger partial charge in [0, 0.05) is 17.9 Å². The lowest BCUT2D eigenvalue weighted by molar-refractivity contribution is -0.948. The van der Waals surface area contributed by atoms with E-state index in [1.807, 2.05) is 12.1 Å². The number of halogens is 1. The van der Waals surface area contributed by atoms with E-state index in [1.54, 1.807) is 37.4 Å². The van der Waals surface area contributed by atoms with Crippen molar-refractivity contribution in [1.29, 1.82) is 0 Å². The third kappa shape index (κ3) is 2.20. The zero-order valence-corrected chi connectivity index (χ0v) is 17.6. The first-order valence-electron chi connectivity index (χ1n) is 10.5. The van der Waals surface area contributed by atoms with Crippen molar-refractivity contribution in [2.75, 3.05) is 23.9 Å². The van der Waals surface area contributed by atoms with Crippen LogP contribution in [0.4, 0.5) is 11.4 Å². The minimum absolute atomic E-state index is 0.0679. The predicted molar refractivity (Wildman–Crippen MR) is 113 cm³/mol. The smallest absolute Gasteiger partial charge is 0.291 e. The molecule has 4 aliphatic heterocycles. The Bertz CT molecular complexity index is 1150. The summed E-state index contributed by atoms with van der Waals surface area (Å²) in [6, 6.07) is 12.1. The summed E-state index contributed by atoms with van der Waals surface area (Å²) in [5, 5.41) is 3.52. The maximum Gasteiger partial charge on any atom is 0.291 e. The highest BCUT2D eigenvalue weighted by atomic mass is 35.5. The summed E-state index contributed by atoms with van der Waals surface area (Å²) in [6.45, 7) is 0.753. The first-order valence-corrected chi connectivity index (χ1v) is 10.9. The Morgan fingerprint density at radius 2 is 1.90 bits per heavy atom. The number of carbonyl (C=O) groups is 3. The third-order valence-corrected chi connectivity index (χ3v) is 7.76. The molecule has 1 unspecified atom stereocenters. The molecule has 7 nitrogen and oxygen atoms in total. The van der Waals surface area contributed by atoms with E-state index < -0.39 is 17.4 Å². The summed E-state index contributed by atoms with van der Waals surface area (Å²) >= 11 is 6.01. The number of quaternary nitrogens is 1. The van der Waals surface area contributed by atoms with Crippen molar-refractivity contribution in [3.8, 4) is 5.75 Å². The molecule has 2 aromatic carbocycles. The van der Waals surface area contributed by atoms with Gasteiger partial charge in [-0.05, 0) is 42.5 Å². The lowest BCUT2D eigenvalue weighted by atomic mass is 9.75. The van der Waals surface area contributed by atoms with Gasteiger partial charge < -0.3 is 15.0 Å². The van der Waals surface area contributed by atoms with Crippen LogP contribution < -0.4 is 19.9 Å². The Morgan fingerprint density at radius 3 is 2.65 bits per heavy atom. The summed E-state index contributed by atoms with van der Waals surface area (Å²) in [6.07, 6.45) is 1.73. The van der Waals surface area contributed by atoms with E-state index in [-0.39, 0.29) is 23.8 Å². The summed E-state index contributed by atoms with van der Waals surface area (Å²) in [7, 11) is 1.58. The van der Waals surface area contributed by atoms with Gasteiger partial charge in [0.2, 0.25) is 17.4 Å². The molecule has 3 amide bonds. The maximum absolute atomic E-state index is 13.8. The minimum Gasteiger partial charge on any atom is -0.497 e. The number of hydrogen-bond acceptors (Lipinski definition) is 4.